The Morgan fingerprint density at radius 2 is 1.79 bits per heavy atom. The summed E-state index contributed by atoms with van der Waals surface area (Å²) in [6.07, 6.45) is 3.38. The molecule has 1 aliphatic rings. The van der Waals surface area contributed by atoms with Crippen molar-refractivity contribution in [2.24, 2.45) is 5.41 Å². The van der Waals surface area contributed by atoms with Gasteiger partial charge in [0.25, 0.3) is 5.91 Å². The molecular weight excluding hydrogens is 234 g/mol. The van der Waals surface area contributed by atoms with E-state index in [9.17, 15) is 4.79 Å². The molecule has 0 bridgehead atoms. The van der Waals surface area contributed by atoms with E-state index in [1.54, 1.807) is 0 Å². The fourth-order valence-corrected chi connectivity index (χ4v) is 3.36. The van der Waals surface area contributed by atoms with Crippen LogP contribution in [0.1, 0.15) is 60.2 Å². The minimum atomic E-state index is 0.0951. The molecule has 0 spiro atoms. The van der Waals surface area contributed by atoms with Crippen LogP contribution in [-0.4, -0.2) is 11.9 Å². The van der Waals surface area contributed by atoms with Crippen molar-refractivity contribution in [2.75, 3.05) is 0 Å². The molecular formula is C17H25NO. The molecule has 1 aromatic rings. The highest BCUT2D eigenvalue weighted by atomic mass is 16.1. The lowest BCUT2D eigenvalue weighted by molar-refractivity contribution is 0.0935. The summed E-state index contributed by atoms with van der Waals surface area (Å²) in [5, 5.41) is 3.21. The highest BCUT2D eigenvalue weighted by molar-refractivity contribution is 5.97. The van der Waals surface area contributed by atoms with E-state index in [-0.39, 0.29) is 5.91 Å². The van der Waals surface area contributed by atoms with Crippen LogP contribution in [0.2, 0.25) is 0 Å². The molecule has 2 heteroatoms. The van der Waals surface area contributed by atoms with Crippen molar-refractivity contribution < 1.29 is 4.79 Å². The minimum Gasteiger partial charge on any atom is -0.349 e. The van der Waals surface area contributed by atoms with E-state index in [1.165, 1.54) is 12.0 Å². The smallest absolute Gasteiger partial charge is 0.252 e. The van der Waals surface area contributed by atoms with E-state index in [0.717, 1.165) is 29.5 Å². The van der Waals surface area contributed by atoms with Gasteiger partial charge in [0.1, 0.15) is 0 Å². The van der Waals surface area contributed by atoms with Crippen molar-refractivity contribution in [2.45, 2.75) is 59.9 Å². The molecule has 0 saturated heterocycles. The van der Waals surface area contributed by atoms with Crippen LogP contribution in [0.15, 0.2) is 12.1 Å². The first-order chi connectivity index (χ1) is 8.78. The topological polar surface area (TPSA) is 29.1 Å². The van der Waals surface area contributed by atoms with E-state index >= 15 is 0 Å². The molecule has 1 aliphatic carbocycles. The molecule has 1 saturated carbocycles. The SMILES string of the molecule is Cc1cc(C)c(C(=O)NC2CCC(C)(C)C2)c(C)c1. The van der Waals surface area contributed by atoms with Gasteiger partial charge in [-0.25, -0.2) is 0 Å². The second-order valence-electron chi connectivity index (χ2n) is 6.85. The third-order valence-corrected chi connectivity index (χ3v) is 4.21. The first kappa shape index (κ1) is 14.1. The van der Waals surface area contributed by atoms with Crippen molar-refractivity contribution in [3.05, 3.63) is 34.4 Å². The zero-order valence-electron chi connectivity index (χ0n) is 12.8. The average Bonchev–Trinajstić information content (AvgIpc) is 2.56. The maximum atomic E-state index is 12.5. The number of carbonyl (C=O) groups is 1. The molecule has 1 unspecified atom stereocenters. The molecule has 0 aromatic heterocycles. The number of rotatable bonds is 2. The molecule has 0 radical (unpaired) electrons. The van der Waals surface area contributed by atoms with Crippen molar-refractivity contribution in [1.29, 1.82) is 0 Å². The predicted octanol–water partition coefficient (Wildman–Crippen LogP) is 3.92. The Morgan fingerprint density at radius 1 is 1.21 bits per heavy atom. The van der Waals surface area contributed by atoms with Crippen LogP contribution in [0, 0.1) is 26.2 Å². The van der Waals surface area contributed by atoms with E-state index in [2.05, 4.69) is 38.2 Å². The van der Waals surface area contributed by atoms with Gasteiger partial charge in [0.15, 0.2) is 0 Å². The van der Waals surface area contributed by atoms with Crippen LogP contribution in [0.5, 0.6) is 0 Å². The molecule has 2 nitrogen and oxygen atoms in total. The number of hydrogen-bond donors (Lipinski definition) is 1. The van der Waals surface area contributed by atoms with Crippen LogP contribution >= 0.6 is 0 Å². The molecule has 1 N–H and O–H groups in total. The summed E-state index contributed by atoms with van der Waals surface area (Å²) in [6, 6.07) is 4.50. The van der Waals surface area contributed by atoms with Crippen molar-refractivity contribution >= 4 is 5.91 Å². The number of amides is 1. The Morgan fingerprint density at radius 3 is 2.26 bits per heavy atom. The van der Waals surface area contributed by atoms with Gasteiger partial charge < -0.3 is 5.32 Å². The number of benzene rings is 1. The van der Waals surface area contributed by atoms with Gasteiger partial charge in [-0.3, -0.25) is 4.79 Å². The molecule has 104 valence electrons. The molecule has 0 heterocycles. The zero-order valence-corrected chi connectivity index (χ0v) is 12.8. The van der Waals surface area contributed by atoms with Gasteiger partial charge >= 0.3 is 0 Å². The molecule has 2 rings (SSSR count). The van der Waals surface area contributed by atoms with Gasteiger partial charge in [0.2, 0.25) is 0 Å². The average molecular weight is 259 g/mol. The fourth-order valence-electron chi connectivity index (χ4n) is 3.36. The monoisotopic (exact) mass is 259 g/mol. The second kappa shape index (κ2) is 4.99. The Labute approximate surface area is 116 Å². The highest BCUT2D eigenvalue weighted by Gasteiger charge is 2.32. The third-order valence-electron chi connectivity index (χ3n) is 4.21. The van der Waals surface area contributed by atoms with Crippen LogP contribution < -0.4 is 5.32 Å². The third kappa shape index (κ3) is 3.17. The summed E-state index contributed by atoms with van der Waals surface area (Å²) in [5.74, 6) is 0.0951. The zero-order chi connectivity index (χ0) is 14.2. The van der Waals surface area contributed by atoms with E-state index < -0.39 is 0 Å². The van der Waals surface area contributed by atoms with Gasteiger partial charge in [-0.1, -0.05) is 31.5 Å². The minimum absolute atomic E-state index is 0.0951. The molecule has 1 atom stereocenters. The van der Waals surface area contributed by atoms with Gasteiger partial charge in [0, 0.05) is 11.6 Å². The Bertz CT molecular complexity index is 479. The van der Waals surface area contributed by atoms with E-state index in [4.69, 9.17) is 0 Å². The van der Waals surface area contributed by atoms with Crippen LogP contribution in [-0.2, 0) is 0 Å². The summed E-state index contributed by atoms with van der Waals surface area (Å²) in [4.78, 5) is 12.5. The number of nitrogens with one attached hydrogen (secondary N) is 1. The predicted molar refractivity (Wildman–Crippen MR) is 79.5 cm³/mol. The van der Waals surface area contributed by atoms with Crippen LogP contribution in [0.4, 0.5) is 0 Å². The first-order valence-corrected chi connectivity index (χ1v) is 7.17. The molecule has 19 heavy (non-hydrogen) atoms. The number of hydrogen-bond acceptors (Lipinski definition) is 1. The quantitative estimate of drug-likeness (QED) is 0.857. The van der Waals surface area contributed by atoms with Crippen LogP contribution in [0.25, 0.3) is 0 Å². The lowest BCUT2D eigenvalue weighted by Crippen LogP contribution is -2.34. The van der Waals surface area contributed by atoms with Gasteiger partial charge in [-0.15, -0.1) is 0 Å². The Kier molecular flexibility index (Phi) is 3.71. The number of aryl methyl sites for hydroxylation is 3. The molecule has 1 aromatic carbocycles. The lowest BCUT2D eigenvalue weighted by Gasteiger charge is -2.19. The standard InChI is InChI=1S/C17H25NO/c1-11-8-12(2)15(13(3)9-11)16(19)18-14-6-7-17(4,5)10-14/h8-9,14H,6-7,10H2,1-5H3,(H,18,19). The highest BCUT2D eigenvalue weighted by Crippen LogP contribution is 2.37. The van der Waals surface area contributed by atoms with E-state index in [0.29, 0.717) is 11.5 Å². The molecule has 1 amide bonds. The van der Waals surface area contributed by atoms with Gasteiger partial charge in [0.05, 0.1) is 0 Å². The van der Waals surface area contributed by atoms with Crippen molar-refractivity contribution in [1.82, 2.24) is 5.32 Å². The lowest BCUT2D eigenvalue weighted by atomic mass is 9.91. The summed E-state index contributed by atoms with van der Waals surface area (Å²) in [5.41, 5.74) is 4.60. The fraction of sp³-hybridized carbons (Fsp3) is 0.588. The largest absolute Gasteiger partial charge is 0.349 e. The van der Waals surface area contributed by atoms with Crippen molar-refractivity contribution in [3.63, 3.8) is 0 Å². The summed E-state index contributed by atoms with van der Waals surface area (Å²) in [7, 11) is 0. The van der Waals surface area contributed by atoms with Crippen molar-refractivity contribution in [3.8, 4) is 0 Å². The Hall–Kier alpha value is -1.31. The van der Waals surface area contributed by atoms with Gasteiger partial charge in [-0.2, -0.15) is 0 Å². The summed E-state index contributed by atoms with van der Waals surface area (Å²) >= 11 is 0. The molecule has 1 fully saturated rings. The normalized spacial score (nSPS) is 21.4. The van der Waals surface area contributed by atoms with Crippen LogP contribution in [0.3, 0.4) is 0 Å². The summed E-state index contributed by atoms with van der Waals surface area (Å²) < 4.78 is 0. The molecule has 0 aliphatic heterocycles. The van der Waals surface area contributed by atoms with E-state index in [1.807, 2.05) is 13.8 Å². The second-order valence-corrected chi connectivity index (χ2v) is 6.85. The van der Waals surface area contributed by atoms with Gasteiger partial charge in [-0.05, 0) is 56.6 Å². The number of carbonyl (C=O) groups excluding carboxylic acids is 1. The first-order valence-electron chi connectivity index (χ1n) is 7.17. The maximum absolute atomic E-state index is 12.5. The summed E-state index contributed by atoms with van der Waals surface area (Å²) in [6.45, 7) is 10.7. The Balaban J connectivity index is 2.13. The maximum Gasteiger partial charge on any atom is 0.252 e.